The highest BCUT2D eigenvalue weighted by Gasteiger charge is 2.44. The number of piperidine rings is 1. The van der Waals surface area contributed by atoms with Gasteiger partial charge in [-0.25, -0.2) is 0 Å². The number of alkyl halides is 1. The van der Waals surface area contributed by atoms with Crippen molar-refractivity contribution in [2.24, 2.45) is 5.92 Å². The lowest BCUT2D eigenvalue weighted by molar-refractivity contribution is -0.140. The zero-order valence-electron chi connectivity index (χ0n) is 13.1. The first-order chi connectivity index (χ1) is 11.2. The van der Waals surface area contributed by atoms with Crippen LogP contribution in [0.15, 0.2) is 24.3 Å². The van der Waals surface area contributed by atoms with Crippen LogP contribution in [0.25, 0.3) is 0 Å². The molecule has 2 saturated heterocycles. The van der Waals surface area contributed by atoms with E-state index in [1.54, 1.807) is 4.90 Å². The van der Waals surface area contributed by atoms with Gasteiger partial charge >= 0.3 is 0 Å². The molecule has 4 rings (SSSR count). The van der Waals surface area contributed by atoms with Crippen LogP contribution in [0, 0.1) is 5.92 Å². The van der Waals surface area contributed by atoms with Crippen molar-refractivity contribution in [1.82, 2.24) is 9.80 Å². The van der Waals surface area contributed by atoms with Crippen molar-refractivity contribution in [2.75, 3.05) is 26.3 Å². The Morgan fingerprint density at radius 3 is 2.70 bits per heavy atom. The first-order valence-corrected chi connectivity index (χ1v) is 8.37. The first-order valence-electron chi connectivity index (χ1n) is 8.37. The number of halogens is 1. The van der Waals surface area contributed by atoms with E-state index in [0.717, 1.165) is 13.0 Å². The number of amides is 1. The van der Waals surface area contributed by atoms with Crippen LogP contribution >= 0.6 is 0 Å². The molecule has 1 aromatic carbocycles. The van der Waals surface area contributed by atoms with Gasteiger partial charge in [-0.2, -0.15) is 0 Å². The van der Waals surface area contributed by atoms with Crippen LogP contribution in [0.4, 0.5) is 4.39 Å². The summed E-state index contributed by atoms with van der Waals surface area (Å²) in [5.74, 6) is -0.187. The molecule has 3 aliphatic rings. The molecule has 23 heavy (non-hydrogen) atoms. The van der Waals surface area contributed by atoms with E-state index in [1.165, 1.54) is 11.1 Å². The zero-order chi connectivity index (χ0) is 16.0. The third kappa shape index (κ3) is 2.47. The summed E-state index contributed by atoms with van der Waals surface area (Å²) in [4.78, 5) is 28.8. The minimum Gasteiger partial charge on any atom is -0.331 e. The van der Waals surface area contributed by atoms with Crippen LogP contribution < -0.4 is 0 Å². The van der Waals surface area contributed by atoms with Crippen LogP contribution in [0.1, 0.15) is 30.0 Å². The topological polar surface area (TPSA) is 40.6 Å². The van der Waals surface area contributed by atoms with Crippen LogP contribution in [-0.4, -0.2) is 53.8 Å². The molecule has 0 bridgehead atoms. The van der Waals surface area contributed by atoms with E-state index in [9.17, 15) is 14.0 Å². The third-order valence-electron chi connectivity index (χ3n) is 5.53. The lowest BCUT2D eigenvalue weighted by Gasteiger charge is -2.44. The molecule has 0 radical (unpaired) electrons. The SMILES string of the molecule is O=C1C[C@H]2c3ccccc3CCN2C[C@@H]1N1CC(CF)CC1=O. The quantitative estimate of drug-likeness (QED) is 0.834. The monoisotopic (exact) mass is 316 g/mol. The summed E-state index contributed by atoms with van der Waals surface area (Å²) in [7, 11) is 0. The fraction of sp³-hybridized carbons (Fsp3) is 0.556. The van der Waals surface area contributed by atoms with Crippen LogP contribution in [0.3, 0.4) is 0 Å². The smallest absolute Gasteiger partial charge is 0.223 e. The van der Waals surface area contributed by atoms with Gasteiger partial charge in [-0.05, 0) is 17.5 Å². The third-order valence-corrected chi connectivity index (χ3v) is 5.53. The molecule has 5 heteroatoms. The maximum Gasteiger partial charge on any atom is 0.223 e. The van der Waals surface area contributed by atoms with Crippen LogP contribution in [0.5, 0.6) is 0 Å². The summed E-state index contributed by atoms with van der Waals surface area (Å²) in [5, 5.41) is 0. The fourth-order valence-electron chi connectivity index (χ4n) is 4.30. The maximum atomic E-state index is 12.9. The molecule has 2 fully saturated rings. The number of rotatable bonds is 2. The molecule has 1 unspecified atom stereocenters. The molecular weight excluding hydrogens is 295 g/mol. The normalized spacial score (nSPS) is 31.2. The number of ketones is 1. The summed E-state index contributed by atoms with van der Waals surface area (Å²) in [6.07, 6.45) is 1.67. The number of nitrogens with zero attached hydrogens (tertiary/aromatic N) is 2. The Balaban J connectivity index is 1.55. The number of Topliss-reactive ketones (excluding diaryl/α,β-unsaturated/α-hetero) is 1. The Morgan fingerprint density at radius 2 is 1.91 bits per heavy atom. The average molecular weight is 316 g/mol. The van der Waals surface area contributed by atoms with Gasteiger partial charge in [-0.15, -0.1) is 0 Å². The fourth-order valence-corrected chi connectivity index (χ4v) is 4.30. The molecule has 1 aromatic rings. The van der Waals surface area contributed by atoms with Gasteiger partial charge in [-0.1, -0.05) is 24.3 Å². The highest BCUT2D eigenvalue weighted by molar-refractivity contribution is 5.91. The average Bonchev–Trinajstić information content (AvgIpc) is 2.95. The van der Waals surface area contributed by atoms with Crippen molar-refractivity contribution in [1.29, 1.82) is 0 Å². The van der Waals surface area contributed by atoms with E-state index in [2.05, 4.69) is 17.0 Å². The zero-order valence-corrected chi connectivity index (χ0v) is 13.1. The number of hydrogen-bond acceptors (Lipinski definition) is 3. The van der Waals surface area contributed by atoms with Gasteiger partial charge < -0.3 is 4.90 Å². The van der Waals surface area contributed by atoms with E-state index in [1.807, 2.05) is 12.1 Å². The van der Waals surface area contributed by atoms with Crippen molar-refractivity contribution in [3.63, 3.8) is 0 Å². The van der Waals surface area contributed by atoms with Crippen molar-refractivity contribution >= 4 is 11.7 Å². The predicted molar refractivity (Wildman–Crippen MR) is 83.7 cm³/mol. The van der Waals surface area contributed by atoms with Gasteiger partial charge in [0.2, 0.25) is 5.91 Å². The lowest BCUT2D eigenvalue weighted by Crippen LogP contribution is -2.56. The minimum atomic E-state index is -0.483. The first kappa shape index (κ1) is 14.8. The van der Waals surface area contributed by atoms with Gasteiger partial charge in [0.1, 0.15) is 6.04 Å². The Bertz CT molecular complexity index is 648. The summed E-state index contributed by atoms with van der Waals surface area (Å²) in [6.45, 7) is 1.41. The Morgan fingerprint density at radius 1 is 1.09 bits per heavy atom. The molecule has 0 N–H and O–H groups in total. The Hall–Kier alpha value is -1.75. The summed E-state index contributed by atoms with van der Waals surface area (Å²) in [6, 6.07) is 8.06. The Kier molecular flexibility index (Phi) is 3.68. The standard InChI is InChI=1S/C18H21FN2O2/c19-9-12-7-18(23)21(10-12)16-11-20-6-5-13-3-1-2-4-14(13)15(20)8-17(16)22/h1-4,12,15-16H,5-11H2/t12?,15-,16-/m0/s1. The number of benzene rings is 1. The summed E-state index contributed by atoms with van der Waals surface area (Å²) < 4.78 is 12.9. The van der Waals surface area contributed by atoms with Crippen LogP contribution in [0.2, 0.25) is 0 Å². The predicted octanol–water partition coefficient (Wildman–Crippen LogP) is 1.75. The molecular formula is C18H21FN2O2. The minimum absolute atomic E-state index is 0.0677. The summed E-state index contributed by atoms with van der Waals surface area (Å²) in [5.41, 5.74) is 2.58. The van der Waals surface area contributed by atoms with E-state index in [4.69, 9.17) is 0 Å². The lowest BCUT2D eigenvalue weighted by atomic mass is 9.84. The van der Waals surface area contributed by atoms with Gasteiger partial charge in [0.15, 0.2) is 5.78 Å². The van der Waals surface area contributed by atoms with Crippen molar-refractivity contribution in [2.45, 2.75) is 31.3 Å². The molecule has 3 atom stereocenters. The maximum absolute atomic E-state index is 12.9. The molecule has 0 spiro atoms. The summed E-state index contributed by atoms with van der Waals surface area (Å²) >= 11 is 0. The van der Waals surface area contributed by atoms with Gasteiger partial charge in [0.05, 0.1) is 6.67 Å². The molecule has 1 amide bonds. The van der Waals surface area contributed by atoms with E-state index in [-0.39, 0.29) is 36.1 Å². The largest absolute Gasteiger partial charge is 0.331 e. The highest BCUT2D eigenvalue weighted by atomic mass is 19.1. The number of carbonyl (C=O) groups excluding carboxylic acids is 2. The van der Waals surface area contributed by atoms with E-state index < -0.39 is 6.67 Å². The van der Waals surface area contributed by atoms with Crippen molar-refractivity contribution in [3.05, 3.63) is 35.4 Å². The molecule has 3 aliphatic heterocycles. The van der Waals surface area contributed by atoms with E-state index in [0.29, 0.717) is 19.5 Å². The second kappa shape index (κ2) is 5.71. The van der Waals surface area contributed by atoms with Crippen molar-refractivity contribution < 1.29 is 14.0 Å². The molecule has 4 nitrogen and oxygen atoms in total. The van der Waals surface area contributed by atoms with Gasteiger partial charge in [0, 0.05) is 44.4 Å². The molecule has 0 aromatic heterocycles. The molecule has 0 saturated carbocycles. The van der Waals surface area contributed by atoms with Gasteiger partial charge in [0.25, 0.3) is 0 Å². The Labute approximate surface area is 135 Å². The number of fused-ring (bicyclic) bond motifs is 3. The second-order valence-corrected chi connectivity index (χ2v) is 6.92. The molecule has 0 aliphatic carbocycles. The number of carbonyl (C=O) groups is 2. The van der Waals surface area contributed by atoms with Crippen LogP contribution in [-0.2, 0) is 16.0 Å². The molecule has 3 heterocycles. The number of likely N-dealkylation sites (tertiary alicyclic amines) is 1. The van der Waals surface area contributed by atoms with Gasteiger partial charge in [-0.3, -0.25) is 18.9 Å². The second-order valence-electron chi connectivity index (χ2n) is 6.92. The van der Waals surface area contributed by atoms with E-state index >= 15 is 0 Å². The number of hydrogen-bond donors (Lipinski definition) is 0. The molecule has 122 valence electrons. The highest BCUT2D eigenvalue weighted by Crippen LogP contribution is 2.37. The van der Waals surface area contributed by atoms with Crippen molar-refractivity contribution in [3.8, 4) is 0 Å².